The van der Waals surface area contributed by atoms with Crippen LogP contribution in [-0.4, -0.2) is 100 Å². The van der Waals surface area contributed by atoms with Gasteiger partial charge in [-0.1, -0.05) is 12.1 Å². The number of benzene rings is 2. The maximum Gasteiger partial charge on any atom is 0.255 e. The first-order chi connectivity index (χ1) is 25.6. The number of rotatable bonds is 11. The number of allylic oxidation sites excluding steroid dienone is 1. The molecule has 0 radical (unpaired) electrons. The maximum atomic E-state index is 13.4. The van der Waals surface area contributed by atoms with Gasteiger partial charge in [-0.25, -0.2) is 0 Å². The van der Waals surface area contributed by atoms with Gasteiger partial charge in [0.1, 0.15) is 11.8 Å². The van der Waals surface area contributed by atoms with E-state index in [1.807, 2.05) is 6.07 Å². The zero-order valence-corrected chi connectivity index (χ0v) is 29.9. The molecule has 3 amide bonds. The number of amides is 3. The van der Waals surface area contributed by atoms with E-state index in [-0.39, 0.29) is 47.5 Å². The number of para-hydroxylation sites is 1. The summed E-state index contributed by atoms with van der Waals surface area (Å²) in [5.74, 6) is -0.479. The largest absolute Gasteiger partial charge is 0.507 e. The van der Waals surface area contributed by atoms with Crippen molar-refractivity contribution in [3.05, 3.63) is 71.4 Å². The van der Waals surface area contributed by atoms with Gasteiger partial charge in [0.05, 0.1) is 17.3 Å². The number of carbonyl (C=O) groups excluding carboxylic acids is 4. The molecule has 278 valence electrons. The number of likely N-dealkylation sites (tertiary alicyclic amines) is 1. The fourth-order valence-corrected chi connectivity index (χ4v) is 7.56. The number of anilines is 2. The van der Waals surface area contributed by atoms with Gasteiger partial charge in [-0.05, 0) is 87.3 Å². The molecule has 1 atom stereocenters. The molecule has 3 fully saturated rings. The third kappa shape index (κ3) is 8.71. The molecule has 2 saturated heterocycles. The number of phenolic OH excluding ortho intramolecular Hbond substituents is 1. The van der Waals surface area contributed by atoms with Crippen LogP contribution in [0, 0.1) is 5.92 Å². The zero-order valence-electron chi connectivity index (χ0n) is 29.9. The van der Waals surface area contributed by atoms with E-state index in [9.17, 15) is 24.3 Å². The number of nitrogens with one attached hydrogen (secondary N) is 2. The molecule has 14 heteroatoms. The lowest BCUT2D eigenvalue weighted by Crippen LogP contribution is -2.53. The highest BCUT2D eigenvalue weighted by molar-refractivity contribution is 6.11. The van der Waals surface area contributed by atoms with Gasteiger partial charge in [0.15, 0.2) is 12.1 Å². The van der Waals surface area contributed by atoms with Crippen molar-refractivity contribution >= 4 is 47.3 Å². The van der Waals surface area contributed by atoms with Crippen molar-refractivity contribution in [3.63, 3.8) is 0 Å². The highest BCUT2D eigenvalue weighted by atomic mass is 16.3. The molecule has 7 N–H and O–H groups in total. The van der Waals surface area contributed by atoms with Gasteiger partial charge >= 0.3 is 0 Å². The summed E-state index contributed by atoms with van der Waals surface area (Å²) in [6.07, 6.45) is 10.6. The monoisotopic (exact) mass is 721 g/mol. The Morgan fingerprint density at radius 2 is 1.79 bits per heavy atom. The number of nitrogen functional groups attached to an aromatic ring is 1. The average molecular weight is 722 g/mol. The summed E-state index contributed by atoms with van der Waals surface area (Å²) in [6, 6.07) is 13.7. The first-order valence-electron chi connectivity index (χ1n) is 18.2. The van der Waals surface area contributed by atoms with Crippen LogP contribution in [0.25, 0.3) is 16.8 Å². The summed E-state index contributed by atoms with van der Waals surface area (Å²) >= 11 is 0. The number of aromatic nitrogens is 2. The number of aliphatic imine (C=N–C) groups is 1. The van der Waals surface area contributed by atoms with Gasteiger partial charge in [0.2, 0.25) is 11.8 Å². The van der Waals surface area contributed by atoms with E-state index in [0.29, 0.717) is 40.6 Å². The van der Waals surface area contributed by atoms with E-state index in [1.165, 1.54) is 18.1 Å². The first kappa shape index (κ1) is 37.1. The summed E-state index contributed by atoms with van der Waals surface area (Å²) in [7, 11) is 1.52. The number of carbonyl (C=O) groups is 4. The highest BCUT2D eigenvalue weighted by Crippen LogP contribution is 2.32. The quantitative estimate of drug-likeness (QED) is 0.110. The van der Waals surface area contributed by atoms with Crippen LogP contribution in [0.5, 0.6) is 5.75 Å². The second kappa shape index (κ2) is 16.8. The van der Waals surface area contributed by atoms with Gasteiger partial charge in [-0.2, -0.15) is 0 Å². The van der Waals surface area contributed by atoms with Crippen molar-refractivity contribution in [2.45, 2.75) is 69.5 Å². The second-order valence-electron chi connectivity index (χ2n) is 14.1. The predicted octanol–water partition coefficient (Wildman–Crippen LogP) is 3.63. The van der Waals surface area contributed by atoms with Crippen LogP contribution in [0.4, 0.5) is 11.5 Å². The number of phenols is 1. The van der Waals surface area contributed by atoms with Crippen LogP contribution in [0.1, 0.15) is 77.6 Å². The van der Waals surface area contributed by atoms with Gasteiger partial charge < -0.3 is 31.7 Å². The molecule has 1 aromatic heterocycles. The van der Waals surface area contributed by atoms with Crippen molar-refractivity contribution in [1.29, 1.82) is 0 Å². The van der Waals surface area contributed by atoms with E-state index < -0.39 is 17.9 Å². The van der Waals surface area contributed by atoms with E-state index in [2.05, 4.69) is 25.7 Å². The molecule has 53 heavy (non-hydrogen) atoms. The average Bonchev–Trinajstić information content (AvgIpc) is 3.18. The molecule has 1 saturated carbocycles. The van der Waals surface area contributed by atoms with Gasteiger partial charge in [-0.15, -0.1) is 10.2 Å². The van der Waals surface area contributed by atoms with Crippen LogP contribution in [0.3, 0.4) is 0 Å². The molecule has 2 aromatic carbocycles. The highest BCUT2D eigenvalue weighted by Gasteiger charge is 2.34. The third-order valence-electron chi connectivity index (χ3n) is 10.8. The Labute approximate surface area is 308 Å². The number of piperidine rings is 2. The zero-order chi connectivity index (χ0) is 37.5. The van der Waals surface area contributed by atoms with Gasteiger partial charge in [0.25, 0.3) is 5.91 Å². The molecule has 0 bridgehead atoms. The Hall–Kier alpha value is -5.63. The van der Waals surface area contributed by atoms with E-state index >= 15 is 0 Å². The van der Waals surface area contributed by atoms with Crippen LogP contribution in [0.15, 0.2) is 59.7 Å². The van der Waals surface area contributed by atoms with Crippen molar-refractivity contribution in [1.82, 2.24) is 25.3 Å². The topological polar surface area (TPSA) is 209 Å². The number of likely N-dealkylation sites (N-methyl/N-ethyl adjacent to an activating group) is 1. The number of aromatic hydroxyl groups is 1. The maximum absolute atomic E-state index is 13.4. The van der Waals surface area contributed by atoms with Crippen LogP contribution >= 0.6 is 0 Å². The Bertz CT molecular complexity index is 1900. The minimum Gasteiger partial charge on any atom is -0.507 e. The smallest absolute Gasteiger partial charge is 0.255 e. The molecule has 3 aliphatic rings. The number of nitrogens with zero attached hydrogens (tertiary/aromatic N) is 5. The minimum atomic E-state index is -0.770. The van der Waals surface area contributed by atoms with E-state index in [0.717, 1.165) is 63.8 Å². The lowest BCUT2D eigenvalue weighted by Gasteiger charge is -2.40. The number of hydrogen-bond donors (Lipinski definition) is 5. The number of hydrogen-bond acceptors (Lipinski definition) is 12. The molecule has 6 rings (SSSR count). The summed E-state index contributed by atoms with van der Waals surface area (Å²) in [5, 5.41) is 24.3. The Morgan fingerprint density at radius 3 is 2.49 bits per heavy atom. The Kier molecular flexibility index (Phi) is 11.8. The number of nitrogens with two attached hydrogens (primary N) is 2. The van der Waals surface area contributed by atoms with E-state index in [1.54, 1.807) is 48.7 Å². The minimum absolute atomic E-state index is 0.103. The van der Waals surface area contributed by atoms with E-state index in [4.69, 9.17) is 16.5 Å². The van der Waals surface area contributed by atoms with Crippen molar-refractivity contribution in [2.24, 2.45) is 16.6 Å². The van der Waals surface area contributed by atoms with Crippen molar-refractivity contribution < 1.29 is 24.3 Å². The predicted molar refractivity (Wildman–Crippen MR) is 203 cm³/mol. The molecule has 3 heterocycles. The van der Waals surface area contributed by atoms with Crippen LogP contribution in [0.2, 0.25) is 0 Å². The molecule has 14 nitrogen and oxygen atoms in total. The Morgan fingerprint density at radius 1 is 1.04 bits per heavy atom. The third-order valence-corrected chi connectivity index (χ3v) is 10.8. The van der Waals surface area contributed by atoms with Gasteiger partial charge in [0, 0.05) is 79.5 Å². The fourth-order valence-electron chi connectivity index (χ4n) is 7.56. The lowest BCUT2D eigenvalue weighted by atomic mass is 9.84. The normalized spacial score (nSPS) is 21.7. The molecule has 1 aliphatic carbocycles. The fraction of sp³-hybridized carbons (Fsp3) is 0.410. The molecule has 0 spiro atoms. The first-order valence-corrected chi connectivity index (χ1v) is 18.2. The Balaban J connectivity index is 0.972. The molecule has 3 aromatic rings. The lowest BCUT2D eigenvalue weighted by molar-refractivity contribution is -0.136. The van der Waals surface area contributed by atoms with Crippen LogP contribution < -0.4 is 22.1 Å². The summed E-state index contributed by atoms with van der Waals surface area (Å²) in [4.78, 5) is 57.8. The molecular weight excluding hydrogens is 674 g/mol. The van der Waals surface area contributed by atoms with Crippen molar-refractivity contribution in [3.8, 4) is 17.0 Å². The summed E-state index contributed by atoms with van der Waals surface area (Å²) < 4.78 is 0. The van der Waals surface area contributed by atoms with Gasteiger partial charge in [-0.3, -0.25) is 29.5 Å². The standard InChI is InChI=1S/C39H47N9O5/c1-47(34-12-13-36(51)44-38(34)52)39(53)32-18-28(9-8-25(32)23-49)42-21-24-6-10-29(11-7-24)48-16-14-27(15-17-48)43-22-26(20-40)31-19-33(45-46-37(31)41)30-4-2-3-5-35(30)50/h2-5,8-9,18-20,22-24,27,29,34,42,50H,6-7,10-17,21,40H2,1H3,(H2,41,46)(H,44,51,52)/b26-20+,43-22?. The second-order valence-corrected chi connectivity index (χ2v) is 14.1. The number of imide groups is 1. The molecule has 2 aliphatic heterocycles. The summed E-state index contributed by atoms with van der Waals surface area (Å²) in [6.45, 7) is 2.70. The summed E-state index contributed by atoms with van der Waals surface area (Å²) in [5.41, 5.74) is 15.7. The SMILES string of the molecule is CN(C(=O)c1cc(NCC2CCC(N3CCC(N=C/C(=C\N)c4cc(-c5ccccc5O)nnc4N)CC3)CC2)ccc1C=O)C1CCC(=O)NC1=O. The number of aldehydes is 1. The molecule has 1 unspecified atom stereocenters. The van der Waals surface area contributed by atoms with Crippen molar-refractivity contribution in [2.75, 3.05) is 37.7 Å². The van der Waals surface area contributed by atoms with Crippen LogP contribution in [-0.2, 0) is 9.59 Å². The molecular formula is C39H47N9O5.